The van der Waals surface area contributed by atoms with E-state index in [1.165, 1.54) is 6.07 Å². The van der Waals surface area contributed by atoms with Crippen molar-refractivity contribution in [3.05, 3.63) is 54.2 Å². The predicted molar refractivity (Wildman–Crippen MR) is 91.1 cm³/mol. The lowest BCUT2D eigenvalue weighted by atomic mass is 10.1. The highest BCUT2D eigenvalue weighted by molar-refractivity contribution is 5.75. The first-order valence-electron chi connectivity index (χ1n) is 8.02. The van der Waals surface area contributed by atoms with Gasteiger partial charge in [0.15, 0.2) is 11.6 Å². The number of benzene rings is 1. The minimum Gasteiger partial charge on any atom is -0.371 e. The SMILES string of the molecule is O=C(NCC1CCN(c2ccc(F)c(F)c2)C1)NNc1ccccn1. The lowest BCUT2D eigenvalue weighted by molar-refractivity contribution is 0.241. The fraction of sp³-hybridized carbons (Fsp3) is 0.294. The molecule has 6 nitrogen and oxygen atoms in total. The van der Waals surface area contributed by atoms with Gasteiger partial charge in [0.1, 0.15) is 5.82 Å². The van der Waals surface area contributed by atoms with Crippen molar-refractivity contribution in [2.45, 2.75) is 6.42 Å². The Morgan fingerprint density at radius 1 is 1.24 bits per heavy atom. The Bertz CT molecular complexity index is 728. The normalized spacial score (nSPS) is 16.6. The van der Waals surface area contributed by atoms with Crippen molar-refractivity contribution >= 4 is 17.5 Å². The van der Waals surface area contributed by atoms with Gasteiger partial charge < -0.3 is 10.2 Å². The van der Waals surface area contributed by atoms with Crippen molar-refractivity contribution in [2.24, 2.45) is 5.92 Å². The van der Waals surface area contributed by atoms with E-state index in [0.717, 1.165) is 19.0 Å². The maximum Gasteiger partial charge on any atom is 0.333 e. The van der Waals surface area contributed by atoms with Gasteiger partial charge in [0.05, 0.1) is 0 Å². The highest BCUT2D eigenvalue weighted by atomic mass is 19.2. The highest BCUT2D eigenvalue weighted by Crippen LogP contribution is 2.24. The summed E-state index contributed by atoms with van der Waals surface area (Å²) in [4.78, 5) is 17.8. The van der Waals surface area contributed by atoms with Crippen LogP contribution in [0.3, 0.4) is 0 Å². The molecule has 2 aromatic rings. The number of pyridine rings is 1. The second-order valence-electron chi connectivity index (χ2n) is 5.87. The summed E-state index contributed by atoms with van der Waals surface area (Å²) in [7, 11) is 0. The zero-order valence-electron chi connectivity index (χ0n) is 13.5. The van der Waals surface area contributed by atoms with Gasteiger partial charge in [-0.3, -0.25) is 10.9 Å². The molecule has 1 fully saturated rings. The molecule has 0 spiro atoms. The zero-order chi connectivity index (χ0) is 17.6. The van der Waals surface area contributed by atoms with Crippen molar-refractivity contribution < 1.29 is 13.6 Å². The average molecular weight is 347 g/mol. The van der Waals surface area contributed by atoms with Gasteiger partial charge in [0, 0.05) is 37.6 Å². The number of halogens is 2. The average Bonchev–Trinajstić information content (AvgIpc) is 3.10. The summed E-state index contributed by atoms with van der Waals surface area (Å²) in [6, 6.07) is 8.87. The predicted octanol–water partition coefficient (Wildman–Crippen LogP) is 2.51. The second kappa shape index (κ2) is 7.78. The first-order chi connectivity index (χ1) is 12.1. The molecule has 2 heterocycles. The maximum atomic E-state index is 13.3. The zero-order valence-corrected chi connectivity index (χ0v) is 13.5. The van der Waals surface area contributed by atoms with Gasteiger partial charge in [-0.25, -0.2) is 18.6 Å². The summed E-state index contributed by atoms with van der Waals surface area (Å²) in [6.45, 7) is 1.92. The molecule has 3 rings (SSSR count). The van der Waals surface area contributed by atoms with Gasteiger partial charge in [-0.1, -0.05) is 6.07 Å². The molecule has 8 heteroatoms. The minimum atomic E-state index is -0.849. The molecule has 1 unspecified atom stereocenters. The molecule has 0 radical (unpaired) electrons. The third-order valence-corrected chi connectivity index (χ3v) is 4.07. The molecule has 1 aliphatic rings. The van der Waals surface area contributed by atoms with E-state index in [4.69, 9.17) is 0 Å². The van der Waals surface area contributed by atoms with Crippen LogP contribution < -0.4 is 21.1 Å². The third kappa shape index (κ3) is 4.56. The van der Waals surface area contributed by atoms with Gasteiger partial charge in [0.25, 0.3) is 0 Å². The van der Waals surface area contributed by atoms with E-state index in [-0.39, 0.29) is 11.9 Å². The number of hydrogen-bond acceptors (Lipinski definition) is 4. The van der Waals surface area contributed by atoms with Crippen LogP contribution in [0, 0.1) is 17.6 Å². The summed E-state index contributed by atoms with van der Waals surface area (Å²) >= 11 is 0. The van der Waals surface area contributed by atoms with E-state index >= 15 is 0 Å². The Kier molecular flexibility index (Phi) is 5.27. The number of hydrazine groups is 1. The third-order valence-electron chi connectivity index (χ3n) is 4.07. The Hall–Kier alpha value is -2.90. The number of amides is 2. The molecule has 2 amide bonds. The van der Waals surface area contributed by atoms with Crippen LogP contribution >= 0.6 is 0 Å². The lowest BCUT2D eigenvalue weighted by Crippen LogP contribution is -2.41. The highest BCUT2D eigenvalue weighted by Gasteiger charge is 2.23. The van der Waals surface area contributed by atoms with Crippen LogP contribution in [-0.4, -0.2) is 30.6 Å². The van der Waals surface area contributed by atoms with Gasteiger partial charge >= 0.3 is 6.03 Å². The first-order valence-corrected chi connectivity index (χ1v) is 8.02. The monoisotopic (exact) mass is 347 g/mol. The standard InChI is InChI=1S/C17H19F2N5O/c18-14-5-4-13(9-15(14)19)24-8-6-12(11-24)10-21-17(25)23-22-16-3-1-2-7-20-16/h1-5,7,9,12H,6,8,10-11H2,(H,20,22)(H2,21,23,25). The van der Waals surface area contributed by atoms with Gasteiger partial charge in [-0.2, -0.15) is 0 Å². The number of nitrogens with one attached hydrogen (secondary N) is 3. The number of rotatable bonds is 5. The lowest BCUT2D eigenvalue weighted by Gasteiger charge is -2.19. The Morgan fingerprint density at radius 3 is 2.88 bits per heavy atom. The Labute approximate surface area is 144 Å². The van der Waals surface area contributed by atoms with E-state index < -0.39 is 11.6 Å². The molecule has 1 aromatic carbocycles. The van der Waals surface area contributed by atoms with Gasteiger partial charge in [-0.15, -0.1) is 0 Å². The molecular weight excluding hydrogens is 328 g/mol. The number of carbonyl (C=O) groups excluding carboxylic acids is 1. The molecule has 25 heavy (non-hydrogen) atoms. The van der Waals surface area contributed by atoms with Crippen molar-refractivity contribution in [1.29, 1.82) is 0 Å². The summed E-state index contributed by atoms with van der Waals surface area (Å²) in [5.41, 5.74) is 5.87. The topological polar surface area (TPSA) is 69.3 Å². The summed E-state index contributed by atoms with van der Waals surface area (Å²) in [5.74, 6) is -0.908. The second-order valence-corrected chi connectivity index (χ2v) is 5.87. The fourth-order valence-electron chi connectivity index (χ4n) is 2.75. The first kappa shape index (κ1) is 16.9. The van der Waals surface area contributed by atoms with Crippen LogP contribution in [0.4, 0.5) is 25.1 Å². The number of aromatic nitrogens is 1. The molecule has 1 aliphatic heterocycles. The summed E-state index contributed by atoms with van der Waals surface area (Å²) in [6.07, 6.45) is 2.49. The smallest absolute Gasteiger partial charge is 0.333 e. The fourth-order valence-corrected chi connectivity index (χ4v) is 2.75. The molecule has 0 saturated carbocycles. The van der Waals surface area contributed by atoms with Crippen molar-refractivity contribution in [2.75, 3.05) is 30.0 Å². The Morgan fingerprint density at radius 2 is 2.12 bits per heavy atom. The van der Waals surface area contributed by atoms with Gasteiger partial charge in [-0.05, 0) is 36.6 Å². The van der Waals surface area contributed by atoms with Crippen molar-refractivity contribution in [3.8, 4) is 0 Å². The van der Waals surface area contributed by atoms with Crippen LogP contribution in [-0.2, 0) is 0 Å². The van der Waals surface area contributed by atoms with Crippen LogP contribution in [0.25, 0.3) is 0 Å². The number of carbonyl (C=O) groups is 1. The quantitative estimate of drug-likeness (QED) is 0.727. The van der Waals surface area contributed by atoms with E-state index in [1.807, 2.05) is 4.90 Å². The van der Waals surface area contributed by atoms with Crippen LogP contribution in [0.5, 0.6) is 0 Å². The van der Waals surface area contributed by atoms with E-state index in [9.17, 15) is 13.6 Å². The molecule has 3 N–H and O–H groups in total. The molecule has 0 aliphatic carbocycles. The molecule has 0 bridgehead atoms. The number of anilines is 2. The maximum absolute atomic E-state index is 13.3. The minimum absolute atomic E-state index is 0.244. The van der Waals surface area contributed by atoms with E-state index in [2.05, 4.69) is 21.2 Å². The Balaban J connectivity index is 1.42. The van der Waals surface area contributed by atoms with Crippen molar-refractivity contribution in [3.63, 3.8) is 0 Å². The van der Waals surface area contributed by atoms with E-state index in [1.54, 1.807) is 30.5 Å². The van der Waals surface area contributed by atoms with Crippen LogP contribution in [0.1, 0.15) is 6.42 Å². The van der Waals surface area contributed by atoms with Gasteiger partial charge in [0.2, 0.25) is 0 Å². The largest absolute Gasteiger partial charge is 0.371 e. The van der Waals surface area contributed by atoms with Crippen LogP contribution in [0.2, 0.25) is 0 Å². The molecular formula is C17H19F2N5O. The molecule has 1 atom stereocenters. The van der Waals surface area contributed by atoms with Crippen LogP contribution in [0.15, 0.2) is 42.6 Å². The molecule has 132 valence electrons. The number of hydrogen-bond donors (Lipinski definition) is 3. The number of urea groups is 1. The van der Waals surface area contributed by atoms with Crippen molar-refractivity contribution in [1.82, 2.24) is 15.7 Å². The van der Waals surface area contributed by atoms with E-state index in [0.29, 0.717) is 24.6 Å². The summed E-state index contributed by atoms with van der Waals surface area (Å²) < 4.78 is 26.3. The molecule has 1 aromatic heterocycles. The molecule has 1 saturated heterocycles. The summed E-state index contributed by atoms with van der Waals surface area (Å²) in [5, 5.41) is 2.79. The number of nitrogens with zero attached hydrogens (tertiary/aromatic N) is 2.